The number of carbonyl (C=O) groups is 1. The zero-order valence-corrected chi connectivity index (χ0v) is 16.1. The van der Waals surface area contributed by atoms with E-state index >= 15 is 0 Å². The van der Waals surface area contributed by atoms with Crippen LogP contribution in [-0.4, -0.2) is 44.0 Å². The van der Waals surface area contributed by atoms with Gasteiger partial charge in [0.1, 0.15) is 23.6 Å². The summed E-state index contributed by atoms with van der Waals surface area (Å²) in [4.78, 5) is 27.1. The highest BCUT2D eigenvalue weighted by atomic mass is 32.1. The summed E-state index contributed by atoms with van der Waals surface area (Å²) < 4.78 is 6.83. The number of ether oxygens (including phenoxy) is 1. The van der Waals surface area contributed by atoms with Gasteiger partial charge in [0.25, 0.3) is 5.91 Å². The smallest absolute Gasteiger partial charge is 0.272 e. The second kappa shape index (κ2) is 7.14. The van der Waals surface area contributed by atoms with Crippen molar-refractivity contribution in [1.29, 1.82) is 0 Å². The lowest BCUT2D eigenvalue weighted by molar-refractivity contribution is 0.0727. The standard InChI is InChI=1S/C21H16N4O3S/c26-17-10-13(20-24-15-3-1-2-4-18(15)29-20)9-14-11-25(7-8-28-19(14)17)21(27)16-5-6-22-12-23-16/h1-6,9-10,12,26H,7-8,11H2. The predicted octanol–water partition coefficient (Wildman–Crippen LogP) is 3.49. The minimum absolute atomic E-state index is 0.0492. The number of hydrogen-bond donors (Lipinski definition) is 1. The fourth-order valence-corrected chi connectivity index (χ4v) is 4.32. The Bertz CT molecular complexity index is 1180. The van der Waals surface area contributed by atoms with Crippen molar-refractivity contribution in [2.45, 2.75) is 6.54 Å². The zero-order chi connectivity index (χ0) is 19.8. The van der Waals surface area contributed by atoms with E-state index in [-0.39, 0.29) is 18.3 Å². The van der Waals surface area contributed by atoms with E-state index in [0.29, 0.717) is 24.5 Å². The highest BCUT2D eigenvalue weighted by Gasteiger charge is 2.24. The van der Waals surface area contributed by atoms with Crippen LogP contribution in [-0.2, 0) is 6.54 Å². The highest BCUT2D eigenvalue weighted by Crippen LogP contribution is 2.39. The molecule has 0 unspecified atom stereocenters. The molecule has 8 heteroatoms. The summed E-state index contributed by atoms with van der Waals surface area (Å²) in [5.74, 6) is 0.259. The maximum atomic E-state index is 12.8. The van der Waals surface area contributed by atoms with Gasteiger partial charge < -0.3 is 14.7 Å². The Morgan fingerprint density at radius 2 is 2.10 bits per heavy atom. The number of para-hydroxylation sites is 1. The van der Waals surface area contributed by atoms with E-state index in [1.54, 1.807) is 34.6 Å². The van der Waals surface area contributed by atoms with E-state index in [4.69, 9.17) is 4.74 Å². The molecule has 0 atom stereocenters. The lowest BCUT2D eigenvalue weighted by Gasteiger charge is -2.19. The van der Waals surface area contributed by atoms with E-state index in [1.807, 2.05) is 30.3 Å². The van der Waals surface area contributed by atoms with Crippen molar-refractivity contribution in [3.63, 3.8) is 0 Å². The molecule has 4 aromatic rings. The fraction of sp³-hybridized carbons (Fsp3) is 0.143. The Kier molecular flexibility index (Phi) is 4.33. The van der Waals surface area contributed by atoms with E-state index in [1.165, 1.54) is 6.33 Å². The number of phenols is 1. The van der Waals surface area contributed by atoms with Gasteiger partial charge in [0, 0.05) is 23.9 Å². The first kappa shape index (κ1) is 17.6. The molecule has 29 heavy (non-hydrogen) atoms. The van der Waals surface area contributed by atoms with Crippen LogP contribution in [0, 0.1) is 0 Å². The third-order valence-corrected chi connectivity index (χ3v) is 5.83. The minimum Gasteiger partial charge on any atom is -0.504 e. The van der Waals surface area contributed by atoms with Gasteiger partial charge in [-0.05, 0) is 30.3 Å². The average molecular weight is 404 g/mol. The molecule has 5 rings (SSSR count). The quantitative estimate of drug-likeness (QED) is 0.550. The first-order chi connectivity index (χ1) is 14.2. The summed E-state index contributed by atoms with van der Waals surface area (Å²) in [5, 5.41) is 11.4. The number of rotatable bonds is 2. The van der Waals surface area contributed by atoms with E-state index in [9.17, 15) is 9.90 Å². The summed E-state index contributed by atoms with van der Waals surface area (Å²) in [6.07, 6.45) is 2.89. The van der Waals surface area contributed by atoms with Crippen LogP contribution in [0.2, 0.25) is 0 Å². The maximum absolute atomic E-state index is 12.8. The number of fused-ring (bicyclic) bond motifs is 2. The number of carbonyl (C=O) groups excluding carboxylic acids is 1. The first-order valence-corrected chi connectivity index (χ1v) is 9.90. The molecule has 1 amide bonds. The van der Waals surface area contributed by atoms with Crippen molar-refractivity contribution in [3.05, 3.63) is 66.2 Å². The maximum Gasteiger partial charge on any atom is 0.272 e. The molecule has 1 aliphatic rings. The van der Waals surface area contributed by atoms with Gasteiger partial charge in [0.15, 0.2) is 11.5 Å². The van der Waals surface area contributed by atoms with Gasteiger partial charge >= 0.3 is 0 Å². The van der Waals surface area contributed by atoms with Crippen molar-refractivity contribution in [2.75, 3.05) is 13.2 Å². The number of benzene rings is 2. The molecule has 0 saturated carbocycles. The largest absolute Gasteiger partial charge is 0.504 e. The van der Waals surface area contributed by atoms with Crippen LogP contribution in [0.5, 0.6) is 11.5 Å². The highest BCUT2D eigenvalue weighted by molar-refractivity contribution is 7.21. The molecular weight excluding hydrogens is 388 g/mol. The molecular formula is C21H16N4O3S. The van der Waals surface area contributed by atoms with Crippen molar-refractivity contribution in [2.24, 2.45) is 0 Å². The van der Waals surface area contributed by atoms with Gasteiger partial charge in [-0.2, -0.15) is 0 Å². The van der Waals surface area contributed by atoms with Gasteiger partial charge in [-0.25, -0.2) is 15.0 Å². The molecule has 144 valence electrons. The Morgan fingerprint density at radius 3 is 2.93 bits per heavy atom. The van der Waals surface area contributed by atoms with Crippen LogP contribution >= 0.6 is 11.3 Å². The molecule has 2 aromatic heterocycles. The van der Waals surface area contributed by atoms with Gasteiger partial charge in [-0.3, -0.25) is 4.79 Å². The summed E-state index contributed by atoms with van der Waals surface area (Å²) in [7, 11) is 0. The third kappa shape index (κ3) is 3.27. The lowest BCUT2D eigenvalue weighted by atomic mass is 10.1. The van der Waals surface area contributed by atoms with E-state index in [0.717, 1.165) is 26.4 Å². The monoisotopic (exact) mass is 404 g/mol. The van der Waals surface area contributed by atoms with Gasteiger partial charge in [0.05, 0.1) is 16.8 Å². The minimum atomic E-state index is -0.200. The lowest BCUT2D eigenvalue weighted by Crippen LogP contribution is -2.33. The fourth-order valence-electron chi connectivity index (χ4n) is 3.37. The topological polar surface area (TPSA) is 88.4 Å². The van der Waals surface area contributed by atoms with Crippen molar-refractivity contribution in [1.82, 2.24) is 19.9 Å². The molecule has 1 N–H and O–H groups in total. The van der Waals surface area contributed by atoms with Crippen LogP contribution in [0.4, 0.5) is 0 Å². The van der Waals surface area contributed by atoms with E-state index in [2.05, 4.69) is 15.0 Å². The van der Waals surface area contributed by atoms with Crippen molar-refractivity contribution in [3.8, 4) is 22.1 Å². The number of thiazole rings is 1. The molecule has 0 spiro atoms. The molecule has 2 aromatic carbocycles. The SMILES string of the molecule is O=C(c1ccncn1)N1CCOc2c(O)cc(-c3nc4ccccc4s3)cc2C1. The average Bonchev–Trinajstić information content (AvgIpc) is 3.07. The molecule has 0 aliphatic carbocycles. The Labute approximate surface area is 170 Å². The second-order valence-electron chi connectivity index (χ2n) is 6.64. The number of nitrogens with zero attached hydrogens (tertiary/aromatic N) is 4. The Morgan fingerprint density at radius 1 is 1.21 bits per heavy atom. The second-order valence-corrected chi connectivity index (χ2v) is 7.67. The molecule has 1 aliphatic heterocycles. The Balaban J connectivity index is 1.52. The normalized spacial score (nSPS) is 13.6. The van der Waals surface area contributed by atoms with Crippen LogP contribution in [0.15, 0.2) is 55.0 Å². The number of amides is 1. The molecule has 7 nitrogen and oxygen atoms in total. The summed E-state index contributed by atoms with van der Waals surface area (Å²) in [6.45, 7) is 0.996. The molecule has 0 saturated heterocycles. The predicted molar refractivity (Wildman–Crippen MR) is 109 cm³/mol. The molecule has 0 radical (unpaired) electrons. The number of aromatic nitrogens is 3. The van der Waals surface area contributed by atoms with Crippen LogP contribution < -0.4 is 4.74 Å². The molecule has 0 bridgehead atoms. The van der Waals surface area contributed by atoms with Crippen LogP contribution in [0.1, 0.15) is 16.1 Å². The molecule has 3 heterocycles. The van der Waals surface area contributed by atoms with Crippen LogP contribution in [0.3, 0.4) is 0 Å². The van der Waals surface area contributed by atoms with Crippen LogP contribution in [0.25, 0.3) is 20.8 Å². The summed E-state index contributed by atoms with van der Waals surface area (Å²) >= 11 is 1.56. The number of aromatic hydroxyl groups is 1. The van der Waals surface area contributed by atoms with Gasteiger partial charge in [0.2, 0.25) is 0 Å². The summed E-state index contributed by atoms with van der Waals surface area (Å²) in [6, 6.07) is 13.1. The Hall–Kier alpha value is -3.52. The third-order valence-electron chi connectivity index (χ3n) is 4.74. The van der Waals surface area contributed by atoms with Crippen molar-refractivity contribution < 1.29 is 14.6 Å². The summed E-state index contributed by atoms with van der Waals surface area (Å²) in [5.41, 5.74) is 2.77. The number of phenolic OH excluding ortho intramolecular Hbond substituents is 1. The van der Waals surface area contributed by atoms with E-state index < -0.39 is 0 Å². The zero-order valence-electron chi connectivity index (χ0n) is 15.3. The van der Waals surface area contributed by atoms with Gasteiger partial charge in [-0.15, -0.1) is 11.3 Å². The van der Waals surface area contributed by atoms with Crippen molar-refractivity contribution >= 4 is 27.5 Å². The first-order valence-electron chi connectivity index (χ1n) is 9.09. The van der Waals surface area contributed by atoms with Gasteiger partial charge in [-0.1, -0.05) is 12.1 Å². The number of hydrogen-bond acceptors (Lipinski definition) is 7. The molecule has 0 fully saturated rings.